The zero-order valence-electron chi connectivity index (χ0n) is 19.5. The number of likely N-dealkylation sites (tertiary alicyclic amines) is 1. The quantitative estimate of drug-likeness (QED) is 0.460. The van der Waals surface area contributed by atoms with Crippen molar-refractivity contribution in [3.8, 4) is 5.69 Å². The lowest BCUT2D eigenvalue weighted by Gasteiger charge is -2.24. The molecule has 4 aromatic rings. The molecule has 1 N–H and O–H groups in total. The molecular weight excluding hydrogens is 412 g/mol. The van der Waals surface area contributed by atoms with E-state index in [1.165, 1.54) is 10.4 Å². The van der Waals surface area contributed by atoms with Gasteiger partial charge in [-0.1, -0.05) is 51.1 Å². The topological polar surface area (TPSA) is 79.7 Å². The minimum absolute atomic E-state index is 0.0465. The maximum atomic E-state index is 13.9. The van der Waals surface area contributed by atoms with Crippen molar-refractivity contribution >= 4 is 16.9 Å². The molecule has 1 saturated heterocycles. The van der Waals surface area contributed by atoms with Gasteiger partial charge in [-0.3, -0.25) is 4.79 Å². The summed E-state index contributed by atoms with van der Waals surface area (Å²) in [6.07, 6.45) is 3.90. The van der Waals surface area contributed by atoms with Crippen molar-refractivity contribution in [1.82, 2.24) is 29.9 Å². The normalized spacial score (nSPS) is 16.7. The van der Waals surface area contributed by atoms with Crippen molar-refractivity contribution in [2.24, 2.45) is 0 Å². The van der Waals surface area contributed by atoms with Crippen LogP contribution in [0.4, 0.5) is 0 Å². The number of fused-ring (bicyclic) bond motifs is 1. The third-order valence-electron chi connectivity index (χ3n) is 6.29. The molecule has 7 heteroatoms. The van der Waals surface area contributed by atoms with Gasteiger partial charge in [0, 0.05) is 6.54 Å². The van der Waals surface area contributed by atoms with Gasteiger partial charge in [0.15, 0.2) is 0 Å². The monoisotopic (exact) mass is 440 g/mol. The Labute approximate surface area is 193 Å². The number of amides is 1. The lowest BCUT2D eigenvalue weighted by molar-refractivity contribution is 0.0732. The molecule has 7 nitrogen and oxygen atoms in total. The number of aromatic nitrogens is 5. The molecule has 3 heterocycles. The first-order chi connectivity index (χ1) is 15.7. The lowest BCUT2D eigenvalue weighted by atomic mass is 9.87. The fourth-order valence-corrected chi connectivity index (χ4v) is 4.49. The number of imidazole rings is 1. The lowest BCUT2D eigenvalue weighted by Crippen LogP contribution is -2.32. The molecule has 0 bridgehead atoms. The number of nitrogens with zero attached hydrogens (tertiary/aromatic N) is 5. The molecule has 1 unspecified atom stereocenters. The van der Waals surface area contributed by atoms with E-state index in [1.54, 1.807) is 12.4 Å². The number of hydrogen-bond acceptors (Lipinski definition) is 4. The summed E-state index contributed by atoms with van der Waals surface area (Å²) in [7, 11) is 0. The van der Waals surface area contributed by atoms with Crippen LogP contribution < -0.4 is 0 Å². The Morgan fingerprint density at radius 2 is 1.91 bits per heavy atom. The van der Waals surface area contributed by atoms with Crippen LogP contribution in [0.3, 0.4) is 0 Å². The summed E-state index contributed by atoms with van der Waals surface area (Å²) in [6.45, 7) is 13.2. The SMILES string of the molecule is C=C1CC(c2nc3ccc(C(C)(C)C)cc3[nH]2)N(C(=O)c2c(C)cccc2-n2nccn2)C1. The molecule has 168 valence electrons. The Morgan fingerprint density at radius 3 is 2.64 bits per heavy atom. The molecule has 1 aliphatic rings. The van der Waals surface area contributed by atoms with Gasteiger partial charge in [-0.05, 0) is 48.1 Å². The average Bonchev–Trinajstić information content (AvgIpc) is 3.51. The highest BCUT2D eigenvalue weighted by Gasteiger charge is 2.36. The van der Waals surface area contributed by atoms with Crippen molar-refractivity contribution < 1.29 is 4.79 Å². The summed E-state index contributed by atoms with van der Waals surface area (Å²) in [4.78, 5) is 25.6. The van der Waals surface area contributed by atoms with E-state index in [4.69, 9.17) is 4.98 Å². The third kappa shape index (κ3) is 3.73. The first-order valence-electron chi connectivity index (χ1n) is 11.2. The molecular formula is C26H28N6O. The van der Waals surface area contributed by atoms with E-state index in [2.05, 4.69) is 60.7 Å². The summed E-state index contributed by atoms with van der Waals surface area (Å²) < 4.78 is 0. The van der Waals surface area contributed by atoms with E-state index in [1.807, 2.05) is 30.0 Å². The maximum Gasteiger partial charge on any atom is 0.257 e. The Balaban J connectivity index is 1.55. The van der Waals surface area contributed by atoms with Crippen molar-refractivity contribution in [3.63, 3.8) is 0 Å². The van der Waals surface area contributed by atoms with E-state index in [-0.39, 0.29) is 17.4 Å². The van der Waals surface area contributed by atoms with E-state index < -0.39 is 0 Å². The smallest absolute Gasteiger partial charge is 0.257 e. The second kappa shape index (κ2) is 7.69. The zero-order chi connectivity index (χ0) is 23.3. The van der Waals surface area contributed by atoms with E-state index in [0.29, 0.717) is 24.2 Å². The summed E-state index contributed by atoms with van der Waals surface area (Å²) in [5.74, 6) is 0.718. The standard InChI is InChI=1S/C26H28N6O/c1-16-13-22(24-29-19-10-9-18(26(3,4)5)14-20(19)30-24)31(15-16)25(33)23-17(2)7-6-8-21(23)32-27-11-12-28-32/h6-12,14,22H,1,13,15H2,2-5H3,(H,29,30). The number of carbonyl (C=O) groups is 1. The third-order valence-corrected chi connectivity index (χ3v) is 6.29. The van der Waals surface area contributed by atoms with E-state index >= 15 is 0 Å². The Morgan fingerprint density at radius 1 is 1.15 bits per heavy atom. The van der Waals surface area contributed by atoms with Gasteiger partial charge in [0.2, 0.25) is 0 Å². The van der Waals surface area contributed by atoms with Gasteiger partial charge in [0.05, 0.1) is 40.7 Å². The predicted molar refractivity (Wildman–Crippen MR) is 128 cm³/mol. The highest BCUT2D eigenvalue weighted by molar-refractivity contribution is 5.99. The first kappa shape index (κ1) is 21.1. The van der Waals surface area contributed by atoms with Crippen molar-refractivity contribution in [2.75, 3.05) is 6.54 Å². The molecule has 1 fully saturated rings. The number of H-pyrrole nitrogens is 1. The molecule has 2 aromatic carbocycles. The van der Waals surface area contributed by atoms with Crippen LogP contribution in [0.15, 0.2) is 60.9 Å². The predicted octanol–water partition coefficient (Wildman–Crippen LogP) is 4.89. The van der Waals surface area contributed by atoms with Gasteiger partial charge >= 0.3 is 0 Å². The average molecular weight is 441 g/mol. The fraction of sp³-hybridized carbons (Fsp3) is 0.308. The van der Waals surface area contributed by atoms with Gasteiger partial charge in [0.25, 0.3) is 5.91 Å². The Kier molecular flexibility index (Phi) is 4.92. The molecule has 1 atom stereocenters. The summed E-state index contributed by atoms with van der Waals surface area (Å²) >= 11 is 0. The second-order valence-electron chi connectivity index (χ2n) is 9.79. The van der Waals surface area contributed by atoms with Crippen LogP contribution in [-0.2, 0) is 5.41 Å². The molecule has 0 saturated carbocycles. The minimum Gasteiger partial charge on any atom is -0.340 e. The molecule has 0 aliphatic carbocycles. The first-order valence-corrected chi connectivity index (χ1v) is 11.2. The molecule has 33 heavy (non-hydrogen) atoms. The van der Waals surface area contributed by atoms with Crippen LogP contribution >= 0.6 is 0 Å². The maximum absolute atomic E-state index is 13.9. The molecule has 1 amide bonds. The van der Waals surface area contributed by atoms with E-state index in [9.17, 15) is 4.79 Å². The number of aromatic amines is 1. The molecule has 2 aromatic heterocycles. The summed E-state index contributed by atoms with van der Waals surface area (Å²) in [6, 6.07) is 11.9. The number of rotatable bonds is 3. The van der Waals surface area contributed by atoms with Crippen LogP contribution in [-0.4, -0.2) is 42.3 Å². The van der Waals surface area contributed by atoms with Crippen molar-refractivity contribution in [1.29, 1.82) is 0 Å². The number of hydrogen-bond donors (Lipinski definition) is 1. The van der Waals surface area contributed by atoms with Crippen molar-refractivity contribution in [2.45, 2.75) is 45.6 Å². The summed E-state index contributed by atoms with van der Waals surface area (Å²) in [5.41, 5.74) is 6.33. The summed E-state index contributed by atoms with van der Waals surface area (Å²) in [5, 5.41) is 8.49. The van der Waals surface area contributed by atoms with Gasteiger partial charge < -0.3 is 9.88 Å². The van der Waals surface area contributed by atoms with Crippen LogP contribution in [0.25, 0.3) is 16.7 Å². The van der Waals surface area contributed by atoms with Crippen LogP contribution in [0.5, 0.6) is 0 Å². The molecule has 0 radical (unpaired) electrons. The van der Waals surface area contributed by atoms with Crippen molar-refractivity contribution in [3.05, 3.63) is 83.5 Å². The van der Waals surface area contributed by atoms with E-state index in [0.717, 1.165) is 28.0 Å². The minimum atomic E-state index is -0.200. The Hall–Kier alpha value is -3.74. The number of nitrogens with one attached hydrogen (secondary N) is 1. The van der Waals surface area contributed by atoms with Gasteiger partial charge in [-0.2, -0.15) is 15.0 Å². The van der Waals surface area contributed by atoms with Gasteiger partial charge in [0.1, 0.15) is 5.82 Å². The zero-order valence-corrected chi connectivity index (χ0v) is 19.5. The highest BCUT2D eigenvalue weighted by Crippen LogP contribution is 2.36. The molecule has 5 rings (SSSR count). The molecule has 1 aliphatic heterocycles. The second-order valence-corrected chi connectivity index (χ2v) is 9.79. The van der Waals surface area contributed by atoms with Crippen LogP contribution in [0.1, 0.15) is 60.5 Å². The molecule has 0 spiro atoms. The largest absolute Gasteiger partial charge is 0.340 e. The number of aryl methyl sites for hydroxylation is 1. The van der Waals surface area contributed by atoms with Crippen LogP contribution in [0, 0.1) is 6.92 Å². The number of benzene rings is 2. The number of carbonyl (C=O) groups excluding carboxylic acids is 1. The highest BCUT2D eigenvalue weighted by atomic mass is 16.2. The fourth-order valence-electron chi connectivity index (χ4n) is 4.49. The van der Waals surface area contributed by atoms with Crippen LogP contribution in [0.2, 0.25) is 0 Å². The van der Waals surface area contributed by atoms with Gasteiger partial charge in [-0.15, -0.1) is 0 Å². The Bertz CT molecular complexity index is 1360. The van der Waals surface area contributed by atoms with Gasteiger partial charge in [-0.25, -0.2) is 4.98 Å².